The van der Waals surface area contributed by atoms with E-state index in [2.05, 4.69) is 14.7 Å². The first kappa shape index (κ1) is 13.3. The van der Waals surface area contributed by atoms with Crippen LogP contribution in [0.1, 0.15) is 12.7 Å². The number of anilines is 1. The lowest BCUT2D eigenvalue weighted by atomic mass is 10.4. The SMILES string of the molecule is CCn1cc(NS(=O)(=O)c2cnc(C)[nH]2)ccc1=O. The van der Waals surface area contributed by atoms with Gasteiger partial charge in [0.15, 0.2) is 5.03 Å². The number of rotatable bonds is 4. The van der Waals surface area contributed by atoms with Crippen LogP contribution in [0.3, 0.4) is 0 Å². The lowest BCUT2D eigenvalue weighted by Gasteiger charge is -2.08. The zero-order valence-electron chi connectivity index (χ0n) is 10.5. The molecule has 0 atom stereocenters. The molecule has 7 nitrogen and oxygen atoms in total. The van der Waals surface area contributed by atoms with Crippen molar-refractivity contribution in [2.45, 2.75) is 25.4 Å². The molecule has 19 heavy (non-hydrogen) atoms. The summed E-state index contributed by atoms with van der Waals surface area (Å²) in [6.07, 6.45) is 2.70. The second kappa shape index (κ2) is 4.88. The Morgan fingerprint density at radius 3 is 2.74 bits per heavy atom. The van der Waals surface area contributed by atoms with Crippen LogP contribution in [-0.2, 0) is 16.6 Å². The lowest BCUT2D eigenvalue weighted by Crippen LogP contribution is -2.20. The third-order valence-corrected chi connectivity index (χ3v) is 3.84. The third kappa shape index (κ3) is 2.84. The van der Waals surface area contributed by atoms with Gasteiger partial charge in [0.05, 0.1) is 11.9 Å². The normalized spacial score (nSPS) is 11.5. The van der Waals surface area contributed by atoms with E-state index in [1.807, 2.05) is 0 Å². The van der Waals surface area contributed by atoms with Crippen molar-refractivity contribution in [2.24, 2.45) is 0 Å². The molecule has 2 aromatic rings. The molecule has 2 aromatic heterocycles. The van der Waals surface area contributed by atoms with Gasteiger partial charge in [-0.3, -0.25) is 9.52 Å². The molecule has 0 aromatic carbocycles. The van der Waals surface area contributed by atoms with Gasteiger partial charge in [-0.1, -0.05) is 0 Å². The molecule has 2 rings (SSSR count). The Balaban J connectivity index is 2.33. The third-order valence-electron chi connectivity index (χ3n) is 2.55. The Morgan fingerprint density at radius 1 is 1.42 bits per heavy atom. The molecule has 0 aliphatic rings. The first-order valence-electron chi connectivity index (χ1n) is 5.67. The molecule has 2 N–H and O–H groups in total. The van der Waals surface area contributed by atoms with E-state index in [0.717, 1.165) is 0 Å². The number of pyridine rings is 1. The van der Waals surface area contributed by atoms with Crippen LogP contribution in [0.4, 0.5) is 5.69 Å². The highest BCUT2D eigenvalue weighted by molar-refractivity contribution is 7.92. The fourth-order valence-electron chi connectivity index (χ4n) is 1.58. The largest absolute Gasteiger partial charge is 0.332 e. The number of nitrogens with one attached hydrogen (secondary N) is 2. The second-order valence-corrected chi connectivity index (χ2v) is 5.63. The fraction of sp³-hybridized carbons (Fsp3) is 0.273. The molecule has 0 bridgehead atoms. The fourth-order valence-corrected chi connectivity index (χ4v) is 2.60. The van der Waals surface area contributed by atoms with Crippen molar-refractivity contribution in [1.82, 2.24) is 14.5 Å². The standard InChI is InChI=1S/C11H14N4O3S/c1-3-15-7-9(4-5-11(15)16)14-19(17,18)10-6-12-8(2)13-10/h4-7,14H,3H2,1-2H3,(H,12,13). The van der Waals surface area contributed by atoms with Crippen molar-refractivity contribution in [3.8, 4) is 0 Å². The van der Waals surface area contributed by atoms with Gasteiger partial charge in [-0.25, -0.2) is 4.98 Å². The van der Waals surface area contributed by atoms with Crippen LogP contribution < -0.4 is 10.3 Å². The lowest BCUT2D eigenvalue weighted by molar-refractivity contribution is 0.598. The maximum Gasteiger partial charge on any atom is 0.279 e. The van der Waals surface area contributed by atoms with E-state index in [-0.39, 0.29) is 10.6 Å². The molecule has 102 valence electrons. The van der Waals surface area contributed by atoms with E-state index in [4.69, 9.17) is 0 Å². The van der Waals surface area contributed by atoms with Crippen molar-refractivity contribution in [2.75, 3.05) is 4.72 Å². The highest BCUT2D eigenvalue weighted by atomic mass is 32.2. The zero-order valence-corrected chi connectivity index (χ0v) is 11.4. The maximum absolute atomic E-state index is 12.0. The molecule has 0 amide bonds. The van der Waals surface area contributed by atoms with E-state index in [1.165, 1.54) is 29.1 Å². The summed E-state index contributed by atoms with van der Waals surface area (Å²) in [5.74, 6) is 0.513. The number of aromatic amines is 1. The van der Waals surface area contributed by atoms with Crippen LogP contribution in [0.15, 0.2) is 34.3 Å². The van der Waals surface area contributed by atoms with Crippen LogP contribution in [-0.4, -0.2) is 23.0 Å². The number of aryl methyl sites for hydroxylation is 2. The predicted molar refractivity (Wildman–Crippen MR) is 70.5 cm³/mol. The number of hydrogen-bond acceptors (Lipinski definition) is 4. The summed E-state index contributed by atoms with van der Waals surface area (Å²) in [5.41, 5.74) is 0.150. The molecular formula is C11H14N4O3S. The van der Waals surface area contributed by atoms with Gasteiger partial charge in [-0.15, -0.1) is 0 Å². The number of sulfonamides is 1. The second-order valence-electron chi connectivity index (χ2n) is 3.98. The number of nitrogens with zero attached hydrogens (tertiary/aromatic N) is 2. The van der Waals surface area contributed by atoms with Crippen LogP contribution in [0.5, 0.6) is 0 Å². The molecule has 8 heteroatoms. The molecule has 0 saturated heterocycles. The predicted octanol–water partition coefficient (Wildman–Crippen LogP) is 0.701. The molecule has 0 aliphatic carbocycles. The van der Waals surface area contributed by atoms with Crippen LogP contribution >= 0.6 is 0 Å². The molecule has 0 radical (unpaired) electrons. The molecule has 0 saturated carbocycles. The summed E-state index contributed by atoms with van der Waals surface area (Å²) >= 11 is 0. The highest BCUT2D eigenvalue weighted by Crippen LogP contribution is 2.12. The van der Waals surface area contributed by atoms with Crippen molar-refractivity contribution >= 4 is 15.7 Å². The van der Waals surface area contributed by atoms with E-state index >= 15 is 0 Å². The molecule has 0 spiro atoms. The summed E-state index contributed by atoms with van der Waals surface area (Å²) in [4.78, 5) is 17.9. The van der Waals surface area contributed by atoms with Crippen LogP contribution in [0.25, 0.3) is 0 Å². The minimum atomic E-state index is -3.71. The number of aromatic nitrogens is 3. The molecule has 0 aliphatic heterocycles. The Kier molecular flexibility index (Phi) is 3.43. The highest BCUT2D eigenvalue weighted by Gasteiger charge is 2.16. The van der Waals surface area contributed by atoms with Crippen LogP contribution in [0.2, 0.25) is 0 Å². The van der Waals surface area contributed by atoms with Crippen molar-refractivity contribution in [3.63, 3.8) is 0 Å². The number of hydrogen-bond donors (Lipinski definition) is 2. The van der Waals surface area contributed by atoms with E-state index in [0.29, 0.717) is 18.1 Å². The van der Waals surface area contributed by atoms with E-state index in [9.17, 15) is 13.2 Å². The first-order chi connectivity index (χ1) is 8.92. The minimum absolute atomic E-state index is 0.0146. The first-order valence-corrected chi connectivity index (χ1v) is 7.15. The summed E-state index contributed by atoms with van der Waals surface area (Å²) in [5, 5.41) is -0.0146. The zero-order chi connectivity index (χ0) is 14.0. The van der Waals surface area contributed by atoms with Gasteiger partial charge in [0, 0.05) is 18.8 Å². The van der Waals surface area contributed by atoms with Crippen molar-refractivity contribution in [3.05, 3.63) is 40.7 Å². The van der Waals surface area contributed by atoms with E-state index in [1.54, 1.807) is 13.8 Å². The van der Waals surface area contributed by atoms with Gasteiger partial charge < -0.3 is 9.55 Å². The van der Waals surface area contributed by atoms with Crippen molar-refractivity contribution in [1.29, 1.82) is 0 Å². The Labute approximate surface area is 110 Å². The quantitative estimate of drug-likeness (QED) is 0.862. The minimum Gasteiger partial charge on any atom is -0.332 e. The van der Waals surface area contributed by atoms with Crippen molar-refractivity contribution < 1.29 is 8.42 Å². The molecule has 0 fully saturated rings. The average molecular weight is 282 g/mol. The Morgan fingerprint density at radius 2 is 2.16 bits per heavy atom. The summed E-state index contributed by atoms with van der Waals surface area (Å²) in [6.45, 7) is 3.94. The topological polar surface area (TPSA) is 96.8 Å². The smallest absolute Gasteiger partial charge is 0.279 e. The maximum atomic E-state index is 12.0. The molecule has 0 unspecified atom stereocenters. The Hall–Kier alpha value is -2.09. The monoisotopic (exact) mass is 282 g/mol. The van der Waals surface area contributed by atoms with Gasteiger partial charge in [0.1, 0.15) is 5.82 Å². The van der Waals surface area contributed by atoms with Gasteiger partial charge in [-0.2, -0.15) is 8.42 Å². The number of H-pyrrole nitrogens is 1. The van der Waals surface area contributed by atoms with Gasteiger partial charge in [-0.05, 0) is 19.9 Å². The number of imidazole rings is 1. The van der Waals surface area contributed by atoms with Gasteiger partial charge >= 0.3 is 0 Å². The summed E-state index contributed by atoms with van der Waals surface area (Å²) < 4.78 is 27.9. The summed E-state index contributed by atoms with van der Waals surface area (Å²) in [6, 6.07) is 2.74. The summed E-state index contributed by atoms with van der Waals surface area (Å²) in [7, 11) is -3.71. The van der Waals surface area contributed by atoms with E-state index < -0.39 is 10.0 Å². The average Bonchev–Trinajstić information content (AvgIpc) is 2.79. The molecule has 2 heterocycles. The molecular weight excluding hydrogens is 268 g/mol. The van der Waals surface area contributed by atoms with Gasteiger partial charge in [0.25, 0.3) is 15.6 Å². The van der Waals surface area contributed by atoms with Crippen LogP contribution in [0, 0.1) is 6.92 Å². The van der Waals surface area contributed by atoms with Gasteiger partial charge in [0.2, 0.25) is 0 Å². The Bertz CT molecular complexity index is 745.